The van der Waals surface area contributed by atoms with Gasteiger partial charge < -0.3 is 15.0 Å². The van der Waals surface area contributed by atoms with Crippen molar-refractivity contribution in [1.82, 2.24) is 10.2 Å². The molecule has 2 amide bonds. The number of amides is 2. The molecular formula is C19H23BrN2O4. The van der Waals surface area contributed by atoms with E-state index in [0.29, 0.717) is 24.9 Å². The number of benzene rings is 1. The first-order valence-corrected chi connectivity index (χ1v) is 9.67. The highest BCUT2D eigenvalue weighted by atomic mass is 79.9. The van der Waals surface area contributed by atoms with Crippen LogP contribution in [-0.2, 0) is 14.3 Å². The van der Waals surface area contributed by atoms with Crippen LogP contribution in [-0.4, -0.2) is 53.8 Å². The molecule has 2 aliphatic rings. The van der Waals surface area contributed by atoms with Gasteiger partial charge in [0.25, 0.3) is 5.91 Å². The average Bonchev–Trinajstić information content (AvgIpc) is 3.17. The predicted molar refractivity (Wildman–Crippen MR) is 99.7 cm³/mol. The summed E-state index contributed by atoms with van der Waals surface area (Å²) in [6.45, 7) is 4.56. The van der Waals surface area contributed by atoms with Crippen LogP contribution in [0.25, 0.3) is 0 Å². The number of hydrogen-bond donors (Lipinski definition) is 1. The maximum atomic E-state index is 13.1. The van der Waals surface area contributed by atoms with E-state index in [1.807, 2.05) is 13.8 Å². The van der Waals surface area contributed by atoms with E-state index >= 15 is 0 Å². The summed E-state index contributed by atoms with van der Waals surface area (Å²) in [5.74, 6) is -0.316. The van der Waals surface area contributed by atoms with E-state index in [2.05, 4.69) is 21.2 Å². The van der Waals surface area contributed by atoms with Crippen molar-refractivity contribution >= 4 is 33.5 Å². The second kappa shape index (κ2) is 7.88. The van der Waals surface area contributed by atoms with E-state index in [0.717, 1.165) is 4.47 Å². The Balaban J connectivity index is 1.75. The molecule has 0 saturated carbocycles. The molecule has 3 atom stereocenters. The number of carbonyl (C=O) groups excluding carboxylic acids is 3. The summed E-state index contributed by atoms with van der Waals surface area (Å²) in [6.07, 6.45) is 0.981. The Morgan fingerprint density at radius 2 is 2.00 bits per heavy atom. The van der Waals surface area contributed by atoms with Crippen LogP contribution in [0.2, 0.25) is 0 Å². The van der Waals surface area contributed by atoms with Gasteiger partial charge in [0.1, 0.15) is 18.7 Å². The molecule has 6 nitrogen and oxygen atoms in total. The number of nitrogens with zero attached hydrogens (tertiary/aromatic N) is 1. The first-order valence-electron chi connectivity index (χ1n) is 8.88. The SMILES string of the molecule is CC(C)C[C@H](NC(=O)c1ccc(Br)cc1)C(=O)N1CCC2OCC(=O)C21. The molecule has 0 radical (unpaired) electrons. The van der Waals surface area contributed by atoms with Crippen LogP contribution in [0.4, 0.5) is 0 Å². The van der Waals surface area contributed by atoms with Crippen molar-refractivity contribution in [2.75, 3.05) is 13.2 Å². The number of Topliss-reactive ketones (excluding diaryl/α,β-unsaturated/α-hetero) is 1. The van der Waals surface area contributed by atoms with Crippen molar-refractivity contribution in [3.05, 3.63) is 34.3 Å². The topological polar surface area (TPSA) is 75.7 Å². The molecule has 0 spiro atoms. The number of hydrogen-bond acceptors (Lipinski definition) is 4. The van der Waals surface area contributed by atoms with Crippen LogP contribution in [0.3, 0.4) is 0 Å². The number of fused-ring (bicyclic) bond motifs is 1. The Kier molecular flexibility index (Phi) is 5.77. The van der Waals surface area contributed by atoms with Gasteiger partial charge in [0.05, 0.1) is 6.10 Å². The van der Waals surface area contributed by atoms with E-state index in [4.69, 9.17) is 4.74 Å². The van der Waals surface area contributed by atoms with Gasteiger partial charge in [-0.25, -0.2) is 0 Å². The summed E-state index contributed by atoms with van der Waals surface area (Å²) >= 11 is 3.34. The Hall–Kier alpha value is -1.73. The Bertz CT molecular complexity index is 704. The molecule has 140 valence electrons. The zero-order valence-electron chi connectivity index (χ0n) is 14.9. The minimum Gasteiger partial charge on any atom is -0.368 e. The highest BCUT2D eigenvalue weighted by molar-refractivity contribution is 9.10. The third kappa shape index (κ3) is 3.99. The first-order chi connectivity index (χ1) is 12.4. The maximum absolute atomic E-state index is 13.1. The standard InChI is InChI=1S/C19H23BrN2O4/c1-11(2)9-14(21-18(24)12-3-5-13(20)6-4-12)19(25)22-8-7-16-17(22)15(23)10-26-16/h3-6,11,14,16-17H,7-10H2,1-2H3,(H,21,24)/t14-,16?,17?/m0/s1. The number of rotatable bonds is 5. The lowest BCUT2D eigenvalue weighted by Crippen LogP contribution is -2.52. The number of likely N-dealkylation sites (tertiary alicyclic amines) is 1. The molecular weight excluding hydrogens is 400 g/mol. The molecule has 1 N–H and O–H groups in total. The number of ketones is 1. The molecule has 26 heavy (non-hydrogen) atoms. The van der Waals surface area contributed by atoms with Gasteiger partial charge in [-0.2, -0.15) is 0 Å². The largest absolute Gasteiger partial charge is 0.368 e. The molecule has 0 bridgehead atoms. The van der Waals surface area contributed by atoms with E-state index in [-0.39, 0.29) is 36.2 Å². The summed E-state index contributed by atoms with van der Waals surface area (Å²) in [6, 6.07) is 5.83. The molecule has 1 aromatic rings. The molecule has 2 saturated heterocycles. The Morgan fingerprint density at radius 1 is 1.31 bits per heavy atom. The van der Waals surface area contributed by atoms with Gasteiger partial charge >= 0.3 is 0 Å². The highest BCUT2D eigenvalue weighted by Crippen LogP contribution is 2.28. The van der Waals surface area contributed by atoms with E-state index < -0.39 is 12.1 Å². The van der Waals surface area contributed by atoms with Gasteiger partial charge in [-0.15, -0.1) is 0 Å². The number of halogens is 1. The Labute approximate surface area is 161 Å². The Morgan fingerprint density at radius 3 is 2.65 bits per heavy atom. The van der Waals surface area contributed by atoms with Crippen molar-refractivity contribution in [3.8, 4) is 0 Å². The molecule has 3 rings (SSSR count). The molecule has 2 fully saturated rings. The fraction of sp³-hybridized carbons (Fsp3) is 0.526. The third-order valence-electron chi connectivity index (χ3n) is 4.81. The quantitative estimate of drug-likeness (QED) is 0.788. The van der Waals surface area contributed by atoms with Gasteiger partial charge in [-0.3, -0.25) is 14.4 Å². The van der Waals surface area contributed by atoms with Crippen molar-refractivity contribution < 1.29 is 19.1 Å². The molecule has 2 heterocycles. The molecule has 7 heteroatoms. The molecule has 1 aromatic carbocycles. The van der Waals surface area contributed by atoms with Crippen LogP contribution in [0, 0.1) is 5.92 Å². The van der Waals surface area contributed by atoms with Gasteiger partial charge in [-0.1, -0.05) is 29.8 Å². The summed E-state index contributed by atoms with van der Waals surface area (Å²) in [7, 11) is 0. The second-order valence-corrected chi connectivity index (χ2v) is 8.16. The summed E-state index contributed by atoms with van der Waals surface area (Å²) in [5.41, 5.74) is 0.495. The first kappa shape index (κ1) is 19.0. The van der Waals surface area contributed by atoms with Gasteiger partial charge in [-0.05, 0) is 43.0 Å². The second-order valence-electron chi connectivity index (χ2n) is 7.24. The van der Waals surface area contributed by atoms with Crippen molar-refractivity contribution in [2.45, 2.75) is 44.9 Å². The van der Waals surface area contributed by atoms with E-state index in [1.54, 1.807) is 29.2 Å². The summed E-state index contributed by atoms with van der Waals surface area (Å²) in [5, 5.41) is 2.86. The van der Waals surface area contributed by atoms with Crippen LogP contribution in [0.5, 0.6) is 0 Å². The predicted octanol–water partition coefficient (Wildman–Crippen LogP) is 2.16. The van der Waals surface area contributed by atoms with Crippen molar-refractivity contribution in [1.29, 1.82) is 0 Å². The minimum absolute atomic E-state index is 0.0524. The van der Waals surface area contributed by atoms with Gasteiger partial charge in [0.2, 0.25) is 5.91 Å². The molecule has 0 aromatic heterocycles. The molecule has 2 aliphatic heterocycles. The van der Waals surface area contributed by atoms with E-state index in [1.165, 1.54) is 0 Å². The summed E-state index contributed by atoms with van der Waals surface area (Å²) < 4.78 is 6.34. The zero-order valence-corrected chi connectivity index (χ0v) is 16.5. The third-order valence-corrected chi connectivity index (χ3v) is 5.34. The lowest BCUT2D eigenvalue weighted by atomic mass is 10.0. The van der Waals surface area contributed by atoms with Crippen LogP contribution < -0.4 is 5.32 Å². The maximum Gasteiger partial charge on any atom is 0.251 e. The smallest absolute Gasteiger partial charge is 0.251 e. The van der Waals surface area contributed by atoms with Crippen molar-refractivity contribution in [2.24, 2.45) is 5.92 Å². The minimum atomic E-state index is -0.654. The zero-order chi connectivity index (χ0) is 18.8. The van der Waals surface area contributed by atoms with Gasteiger partial charge in [0.15, 0.2) is 5.78 Å². The van der Waals surface area contributed by atoms with Gasteiger partial charge in [0, 0.05) is 16.6 Å². The number of ether oxygens (including phenoxy) is 1. The lowest BCUT2D eigenvalue weighted by molar-refractivity contribution is -0.138. The fourth-order valence-corrected chi connectivity index (χ4v) is 3.84. The van der Waals surface area contributed by atoms with Crippen LogP contribution in [0.1, 0.15) is 37.0 Å². The molecule has 2 unspecified atom stereocenters. The number of nitrogens with one attached hydrogen (secondary N) is 1. The highest BCUT2D eigenvalue weighted by Gasteiger charge is 2.48. The summed E-state index contributed by atoms with van der Waals surface area (Å²) in [4.78, 5) is 39.3. The normalized spacial score (nSPS) is 23.2. The van der Waals surface area contributed by atoms with E-state index in [9.17, 15) is 14.4 Å². The molecule has 0 aliphatic carbocycles. The lowest BCUT2D eigenvalue weighted by Gasteiger charge is -2.28. The average molecular weight is 423 g/mol. The van der Waals surface area contributed by atoms with Crippen LogP contribution >= 0.6 is 15.9 Å². The van der Waals surface area contributed by atoms with Crippen LogP contribution in [0.15, 0.2) is 28.7 Å². The van der Waals surface area contributed by atoms with Crippen molar-refractivity contribution in [3.63, 3.8) is 0 Å². The monoisotopic (exact) mass is 422 g/mol. The fourth-order valence-electron chi connectivity index (χ4n) is 3.58. The number of carbonyl (C=O) groups is 3.